The molecule has 0 aromatic carbocycles. The molecule has 1 aromatic heterocycles. The van der Waals surface area contributed by atoms with E-state index in [1.165, 1.54) is 19.4 Å². The van der Waals surface area contributed by atoms with Gasteiger partial charge >= 0.3 is 0 Å². The Hall–Kier alpha value is -1.17. The van der Waals surface area contributed by atoms with Crippen LogP contribution in [0.3, 0.4) is 0 Å². The fourth-order valence-corrected chi connectivity index (χ4v) is 3.29. The summed E-state index contributed by atoms with van der Waals surface area (Å²) in [5.74, 6) is 1.22. The maximum absolute atomic E-state index is 5.76. The Morgan fingerprint density at radius 2 is 2.30 bits per heavy atom. The molecule has 20 heavy (non-hydrogen) atoms. The van der Waals surface area contributed by atoms with Crippen LogP contribution in [0.1, 0.15) is 18.5 Å². The summed E-state index contributed by atoms with van der Waals surface area (Å²) in [6.07, 6.45) is 3.61. The highest BCUT2D eigenvalue weighted by molar-refractivity contribution is 5.29. The van der Waals surface area contributed by atoms with Crippen LogP contribution in [0.5, 0.6) is 0 Å². The highest BCUT2D eigenvalue weighted by Gasteiger charge is 2.28. The lowest BCUT2D eigenvalue weighted by Crippen LogP contribution is -2.43. The van der Waals surface area contributed by atoms with Crippen LogP contribution >= 0.6 is 0 Å². The van der Waals surface area contributed by atoms with Crippen LogP contribution in [0.2, 0.25) is 0 Å². The first kappa shape index (κ1) is 13.8. The predicted molar refractivity (Wildman–Crippen MR) is 81.5 cm³/mol. The van der Waals surface area contributed by atoms with Crippen molar-refractivity contribution in [3.63, 3.8) is 0 Å². The Labute approximate surface area is 120 Å². The molecule has 2 aliphatic heterocycles. The predicted octanol–water partition coefficient (Wildman–Crippen LogP) is 0.136. The summed E-state index contributed by atoms with van der Waals surface area (Å²) >= 11 is 0. The van der Waals surface area contributed by atoms with E-state index < -0.39 is 0 Å². The standard InChI is InChI=1S/C15H25N5/c16-15-5-1-3-12(20-15)7-11-8-17-10-14(11)19-9-13-4-2-6-18-13/h1,3,5,11,13-14,17-19H,2,4,6-10H2,(H2,16,20)/t11-,13+,14+/m0/s1. The number of rotatable bonds is 5. The van der Waals surface area contributed by atoms with Gasteiger partial charge in [0.05, 0.1) is 0 Å². The second kappa shape index (κ2) is 6.52. The summed E-state index contributed by atoms with van der Waals surface area (Å²) in [6, 6.07) is 7.11. The second-order valence-corrected chi connectivity index (χ2v) is 5.98. The normalized spacial score (nSPS) is 29.9. The van der Waals surface area contributed by atoms with E-state index in [9.17, 15) is 0 Å². The number of nitrogens with zero attached hydrogens (tertiary/aromatic N) is 1. The Bertz CT molecular complexity index is 430. The minimum atomic E-state index is 0.542. The molecule has 5 N–H and O–H groups in total. The van der Waals surface area contributed by atoms with Crippen LogP contribution in [0.25, 0.3) is 0 Å². The van der Waals surface area contributed by atoms with E-state index in [0.29, 0.717) is 23.8 Å². The zero-order valence-electron chi connectivity index (χ0n) is 11.9. The van der Waals surface area contributed by atoms with Crippen molar-refractivity contribution in [3.8, 4) is 0 Å². The van der Waals surface area contributed by atoms with Crippen LogP contribution in [0.4, 0.5) is 5.82 Å². The lowest BCUT2D eigenvalue weighted by Gasteiger charge is -2.22. The van der Waals surface area contributed by atoms with Gasteiger partial charge in [-0.3, -0.25) is 0 Å². The Morgan fingerprint density at radius 1 is 1.35 bits per heavy atom. The summed E-state index contributed by atoms with van der Waals surface area (Å²) in [6.45, 7) is 4.37. The highest BCUT2D eigenvalue weighted by Crippen LogP contribution is 2.16. The molecule has 0 spiro atoms. The third-order valence-electron chi connectivity index (χ3n) is 4.43. The maximum Gasteiger partial charge on any atom is 0.123 e. The SMILES string of the molecule is Nc1cccc(C[C@H]2CNC[C@H]2NC[C@H]2CCCN2)n1. The topological polar surface area (TPSA) is 75.0 Å². The highest BCUT2D eigenvalue weighted by atomic mass is 15.1. The van der Waals surface area contributed by atoms with Gasteiger partial charge in [-0.05, 0) is 50.4 Å². The number of pyridine rings is 1. The summed E-state index contributed by atoms with van der Waals surface area (Å²) in [5.41, 5.74) is 6.86. The molecular formula is C15H25N5. The van der Waals surface area contributed by atoms with Crippen molar-refractivity contribution in [1.29, 1.82) is 0 Å². The molecule has 0 saturated carbocycles. The minimum absolute atomic E-state index is 0.542. The van der Waals surface area contributed by atoms with Gasteiger partial charge in [0.25, 0.3) is 0 Å². The van der Waals surface area contributed by atoms with Gasteiger partial charge in [0.1, 0.15) is 5.82 Å². The van der Waals surface area contributed by atoms with Crippen molar-refractivity contribution in [3.05, 3.63) is 23.9 Å². The monoisotopic (exact) mass is 275 g/mol. The van der Waals surface area contributed by atoms with Crippen LogP contribution in [-0.2, 0) is 6.42 Å². The molecule has 0 bridgehead atoms. The van der Waals surface area contributed by atoms with Crippen LogP contribution in [0.15, 0.2) is 18.2 Å². The van der Waals surface area contributed by atoms with Gasteiger partial charge in [-0.2, -0.15) is 0 Å². The molecule has 2 saturated heterocycles. The van der Waals surface area contributed by atoms with Gasteiger partial charge in [0.2, 0.25) is 0 Å². The fourth-order valence-electron chi connectivity index (χ4n) is 3.29. The molecule has 0 unspecified atom stereocenters. The third kappa shape index (κ3) is 3.48. The summed E-state index contributed by atoms with van der Waals surface area (Å²) < 4.78 is 0. The summed E-state index contributed by atoms with van der Waals surface area (Å²) in [7, 11) is 0. The number of hydrogen-bond acceptors (Lipinski definition) is 5. The first-order chi connectivity index (χ1) is 9.81. The van der Waals surface area contributed by atoms with E-state index in [2.05, 4.69) is 27.0 Å². The lowest BCUT2D eigenvalue weighted by atomic mass is 9.97. The quantitative estimate of drug-likeness (QED) is 0.615. The van der Waals surface area contributed by atoms with E-state index >= 15 is 0 Å². The van der Waals surface area contributed by atoms with E-state index in [0.717, 1.165) is 31.7 Å². The van der Waals surface area contributed by atoms with E-state index in [1.54, 1.807) is 0 Å². The number of anilines is 1. The van der Waals surface area contributed by atoms with Crippen molar-refractivity contribution in [2.45, 2.75) is 31.3 Å². The smallest absolute Gasteiger partial charge is 0.123 e. The zero-order chi connectivity index (χ0) is 13.8. The number of aromatic nitrogens is 1. The number of nitrogen functional groups attached to an aromatic ring is 1. The molecule has 5 nitrogen and oxygen atoms in total. The van der Waals surface area contributed by atoms with E-state index in [1.807, 2.05) is 12.1 Å². The Balaban J connectivity index is 1.52. The Kier molecular flexibility index (Phi) is 4.50. The van der Waals surface area contributed by atoms with Crippen LogP contribution in [0, 0.1) is 5.92 Å². The molecule has 0 amide bonds. The first-order valence-corrected chi connectivity index (χ1v) is 7.70. The molecule has 3 rings (SSSR count). The summed E-state index contributed by atoms with van der Waals surface area (Å²) in [5, 5.41) is 10.8. The van der Waals surface area contributed by atoms with E-state index in [-0.39, 0.29) is 0 Å². The van der Waals surface area contributed by atoms with Gasteiger partial charge in [-0.15, -0.1) is 0 Å². The third-order valence-corrected chi connectivity index (χ3v) is 4.43. The van der Waals surface area contributed by atoms with Crippen LogP contribution in [-0.4, -0.2) is 43.2 Å². The molecule has 3 atom stereocenters. The molecule has 2 fully saturated rings. The van der Waals surface area contributed by atoms with Crippen molar-refractivity contribution in [2.75, 3.05) is 31.9 Å². The molecule has 0 radical (unpaired) electrons. The number of nitrogens with two attached hydrogens (primary N) is 1. The van der Waals surface area contributed by atoms with Crippen molar-refractivity contribution in [1.82, 2.24) is 20.9 Å². The first-order valence-electron chi connectivity index (χ1n) is 7.70. The van der Waals surface area contributed by atoms with Gasteiger partial charge < -0.3 is 21.7 Å². The number of hydrogen-bond donors (Lipinski definition) is 4. The van der Waals surface area contributed by atoms with Crippen molar-refractivity contribution >= 4 is 5.82 Å². The van der Waals surface area contributed by atoms with Crippen LogP contribution < -0.4 is 21.7 Å². The largest absolute Gasteiger partial charge is 0.384 e. The van der Waals surface area contributed by atoms with Gasteiger partial charge in [-0.1, -0.05) is 6.07 Å². The molecule has 3 heterocycles. The maximum atomic E-state index is 5.76. The Morgan fingerprint density at radius 3 is 3.10 bits per heavy atom. The van der Waals surface area contributed by atoms with E-state index in [4.69, 9.17) is 5.73 Å². The molecule has 2 aliphatic rings. The minimum Gasteiger partial charge on any atom is -0.384 e. The molecule has 110 valence electrons. The average molecular weight is 275 g/mol. The second-order valence-electron chi connectivity index (χ2n) is 5.98. The molecule has 5 heteroatoms. The average Bonchev–Trinajstić information content (AvgIpc) is 3.08. The van der Waals surface area contributed by atoms with Gasteiger partial charge in [-0.25, -0.2) is 4.98 Å². The van der Waals surface area contributed by atoms with Crippen molar-refractivity contribution < 1.29 is 0 Å². The van der Waals surface area contributed by atoms with Gasteiger partial charge in [0, 0.05) is 30.9 Å². The summed E-state index contributed by atoms with van der Waals surface area (Å²) in [4.78, 5) is 4.42. The fraction of sp³-hybridized carbons (Fsp3) is 0.667. The van der Waals surface area contributed by atoms with Crippen molar-refractivity contribution in [2.24, 2.45) is 5.92 Å². The molecule has 1 aromatic rings. The lowest BCUT2D eigenvalue weighted by molar-refractivity contribution is 0.399. The van der Waals surface area contributed by atoms with Gasteiger partial charge in [0.15, 0.2) is 0 Å². The molecule has 0 aliphatic carbocycles. The zero-order valence-corrected chi connectivity index (χ0v) is 11.9. The number of nitrogens with one attached hydrogen (secondary N) is 3. The molecular weight excluding hydrogens is 250 g/mol.